The van der Waals surface area contributed by atoms with Gasteiger partial charge in [0.25, 0.3) is 0 Å². The molecule has 1 spiro atoms. The van der Waals surface area contributed by atoms with Gasteiger partial charge in [-0.25, -0.2) is 0 Å². The van der Waals surface area contributed by atoms with Crippen LogP contribution in [0.5, 0.6) is 0 Å². The molecule has 1 nitrogen and oxygen atoms in total. The van der Waals surface area contributed by atoms with Gasteiger partial charge in [0.15, 0.2) is 0 Å². The van der Waals surface area contributed by atoms with Crippen molar-refractivity contribution in [3.63, 3.8) is 0 Å². The second-order valence-corrected chi connectivity index (χ2v) is 8.35. The molecule has 19 heavy (non-hydrogen) atoms. The third-order valence-electron chi connectivity index (χ3n) is 6.97. The molecule has 3 aliphatic carbocycles. The lowest BCUT2D eigenvalue weighted by molar-refractivity contribution is 0.0827. The standard InChI is InChI=1S/C18H30O/c1-16(2)9-6-13(8-11-19-5)15-17(3,4)14-7-10-18(15,16)12-14/h14H,6-12H2,1-5H3/t14-,18-/m0/s1. The highest BCUT2D eigenvalue weighted by Crippen LogP contribution is 2.74. The van der Waals surface area contributed by atoms with Gasteiger partial charge in [-0.1, -0.05) is 38.8 Å². The van der Waals surface area contributed by atoms with Gasteiger partial charge in [-0.2, -0.15) is 0 Å². The Morgan fingerprint density at radius 1 is 1.16 bits per heavy atom. The fourth-order valence-electron chi connectivity index (χ4n) is 5.76. The van der Waals surface area contributed by atoms with Crippen LogP contribution in [-0.4, -0.2) is 13.7 Å². The Hall–Kier alpha value is -0.300. The predicted octanol–water partition coefficient (Wildman–Crippen LogP) is 4.97. The third-order valence-corrected chi connectivity index (χ3v) is 6.97. The van der Waals surface area contributed by atoms with Crippen molar-refractivity contribution in [2.45, 2.75) is 66.2 Å². The molecule has 0 aromatic heterocycles. The Bertz CT molecular complexity index is 415. The van der Waals surface area contributed by atoms with Gasteiger partial charge in [0.1, 0.15) is 0 Å². The van der Waals surface area contributed by atoms with Gasteiger partial charge in [-0.15, -0.1) is 0 Å². The second-order valence-electron chi connectivity index (χ2n) is 8.35. The number of hydrogen-bond acceptors (Lipinski definition) is 1. The molecule has 2 bridgehead atoms. The van der Waals surface area contributed by atoms with E-state index < -0.39 is 0 Å². The lowest BCUT2D eigenvalue weighted by atomic mass is 9.52. The van der Waals surface area contributed by atoms with Crippen LogP contribution in [0.4, 0.5) is 0 Å². The molecule has 0 heterocycles. The van der Waals surface area contributed by atoms with Crippen LogP contribution in [-0.2, 0) is 4.74 Å². The van der Waals surface area contributed by atoms with Crippen LogP contribution in [0.3, 0.4) is 0 Å². The predicted molar refractivity (Wildman–Crippen MR) is 80.1 cm³/mol. The molecule has 0 aliphatic heterocycles. The van der Waals surface area contributed by atoms with Crippen LogP contribution < -0.4 is 0 Å². The lowest BCUT2D eigenvalue weighted by Crippen LogP contribution is -2.43. The third kappa shape index (κ3) is 1.63. The van der Waals surface area contributed by atoms with E-state index in [1.165, 1.54) is 38.5 Å². The van der Waals surface area contributed by atoms with Crippen molar-refractivity contribution in [3.05, 3.63) is 11.1 Å². The average molecular weight is 262 g/mol. The van der Waals surface area contributed by atoms with E-state index in [0.717, 1.165) is 12.5 Å². The van der Waals surface area contributed by atoms with Gasteiger partial charge in [0.05, 0.1) is 0 Å². The van der Waals surface area contributed by atoms with Crippen molar-refractivity contribution < 1.29 is 4.74 Å². The van der Waals surface area contributed by atoms with Crippen molar-refractivity contribution in [3.8, 4) is 0 Å². The summed E-state index contributed by atoms with van der Waals surface area (Å²) in [7, 11) is 1.83. The minimum absolute atomic E-state index is 0.443. The zero-order chi connectivity index (χ0) is 13.9. The summed E-state index contributed by atoms with van der Waals surface area (Å²) in [6, 6.07) is 0. The molecule has 2 fully saturated rings. The van der Waals surface area contributed by atoms with Crippen molar-refractivity contribution in [2.75, 3.05) is 13.7 Å². The van der Waals surface area contributed by atoms with E-state index in [4.69, 9.17) is 4.74 Å². The van der Waals surface area contributed by atoms with Crippen LogP contribution >= 0.6 is 0 Å². The fourth-order valence-corrected chi connectivity index (χ4v) is 5.76. The molecule has 3 rings (SSSR count). The SMILES string of the molecule is COCCC1=C2C(C)(C)[C@H]3CC[C@@]2(C3)C(C)(C)CC1. The van der Waals surface area contributed by atoms with Gasteiger partial charge in [0.2, 0.25) is 0 Å². The Balaban J connectivity index is 2.09. The van der Waals surface area contributed by atoms with Crippen LogP contribution in [0.15, 0.2) is 11.1 Å². The van der Waals surface area contributed by atoms with Crippen LogP contribution in [0.25, 0.3) is 0 Å². The first-order chi connectivity index (χ1) is 8.85. The number of methoxy groups -OCH3 is 1. The summed E-state index contributed by atoms with van der Waals surface area (Å²) in [4.78, 5) is 0. The lowest BCUT2D eigenvalue weighted by Gasteiger charge is -2.53. The van der Waals surface area contributed by atoms with Crippen molar-refractivity contribution in [2.24, 2.45) is 22.2 Å². The van der Waals surface area contributed by atoms with Crippen LogP contribution in [0.1, 0.15) is 66.2 Å². The molecular formula is C18H30O. The van der Waals surface area contributed by atoms with Gasteiger partial charge in [-0.05, 0) is 60.7 Å². The maximum absolute atomic E-state index is 5.36. The van der Waals surface area contributed by atoms with Gasteiger partial charge in [-0.3, -0.25) is 0 Å². The fraction of sp³-hybridized carbons (Fsp3) is 0.889. The Labute approximate surface area is 118 Å². The Morgan fingerprint density at radius 2 is 1.89 bits per heavy atom. The minimum atomic E-state index is 0.443. The normalized spacial score (nSPS) is 38.7. The smallest absolute Gasteiger partial charge is 0.0499 e. The summed E-state index contributed by atoms with van der Waals surface area (Å²) in [5.41, 5.74) is 5.10. The molecule has 0 N–H and O–H groups in total. The summed E-state index contributed by atoms with van der Waals surface area (Å²) in [6.45, 7) is 11.0. The zero-order valence-electron chi connectivity index (χ0n) is 13.4. The van der Waals surface area contributed by atoms with E-state index in [1.54, 1.807) is 5.57 Å². The average Bonchev–Trinajstić information content (AvgIpc) is 2.85. The van der Waals surface area contributed by atoms with Crippen LogP contribution in [0.2, 0.25) is 0 Å². The first-order valence-corrected chi connectivity index (χ1v) is 8.07. The van der Waals surface area contributed by atoms with E-state index in [0.29, 0.717) is 16.2 Å². The summed E-state index contributed by atoms with van der Waals surface area (Å²) >= 11 is 0. The van der Waals surface area contributed by atoms with E-state index in [1.807, 2.05) is 12.7 Å². The molecule has 0 radical (unpaired) electrons. The van der Waals surface area contributed by atoms with E-state index in [2.05, 4.69) is 27.7 Å². The highest BCUT2D eigenvalue weighted by molar-refractivity contribution is 5.41. The van der Waals surface area contributed by atoms with E-state index in [9.17, 15) is 0 Å². The highest BCUT2D eigenvalue weighted by atomic mass is 16.5. The molecule has 2 saturated carbocycles. The van der Waals surface area contributed by atoms with E-state index in [-0.39, 0.29) is 0 Å². The first-order valence-electron chi connectivity index (χ1n) is 8.07. The molecule has 0 unspecified atom stereocenters. The van der Waals surface area contributed by atoms with Crippen LogP contribution in [0, 0.1) is 22.2 Å². The number of allylic oxidation sites excluding steroid dienone is 1. The summed E-state index contributed by atoms with van der Waals surface area (Å²) < 4.78 is 5.36. The number of rotatable bonds is 3. The van der Waals surface area contributed by atoms with E-state index >= 15 is 0 Å². The quantitative estimate of drug-likeness (QED) is 0.653. The largest absolute Gasteiger partial charge is 0.384 e. The second kappa shape index (κ2) is 4.10. The maximum atomic E-state index is 5.36. The van der Waals surface area contributed by atoms with Gasteiger partial charge in [0, 0.05) is 13.7 Å². The molecular weight excluding hydrogens is 232 g/mol. The number of hydrogen-bond donors (Lipinski definition) is 0. The van der Waals surface area contributed by atoms with Crippen molar-refractivity contribution in [1.29, 1.82) is 0 Å². The van der Waals surface area contributed by atoms with Crippen molar-refractivity contribution in [1.82, 2.24) is 0 Å². The molecule has 0 saturated heterocycles. The van der Waals surface area contributed by atoms with Gasteiger partial charge >= 0.3 is 0 Å². The first kappa shape index (κ1) is 13.7. The summed E-state index contributed by atoms with van der Waals surface area (Å²) in [5.74, 6) is 0.928. The molecule has 3 aliphatic rings. The summed E-state index contributed by atoms with van der Waals surface area (Å²) in [6.07, 6.45) is 8.21. The van der Waals surface area contributed by atoms with Crippen molar-refractivity contribution >= 4 is 0 Å². The number of fused-ring (bicyclic) bond motifs is 1. The summed E-state index contributed by atoms with van der Waals surface area (Å²) in [5, 5.41) is 0. The Morgan fingerprint density at radius 3 is 2.58 bits per heavy atom. The molecule has 0 aromatic carbocycles. The molecule has 1 heteroatoms. The highest BCUT2D eigenvalue weighted by Gasteiger charge is 2.64. The molecule has 108 valence electrons. The Kier molecular flexibility index (Phi) is 2.95. The molecule has 2 atom stereocenters. The monoisotopic (exact) mass is 262 g/mol. The zero-order valence-corrected chi connectivity index (χ0v) is 13.4. The maximum Gasteiger partial charge on any atom is 0.0499 e. The molecule has 0 amide bonds. The minimum Gasteiger partial charge on any atom is -0.384 e. The number of ether oxygens (including phenoxy) is 1. The van der Waals surface area contributed by atoms with Gasteiger partial charge < -0.3 is 4.74 Å². The topological polar surface area (TPSA) is 9.23 Å². The molecule has 0 aromatic rings.